The zero-order valence-corrected chi connectivity index (χ0v) is 15.7. The zero-order chi connectivity index (χ0) is 23.5. The molecular formula is C19H12F4N4O5. The van der Waals surface area contributed by atoms with Crippen molar-refractivity contribution in [2.45, 2.75) is 6.36 Å². The first-order valence-corrected chi connectivity index (χ1v) is 8.65. The van der Waals surface area contributed by atoms with Gasteiger partial charge in [-0.15, -0.1) is 13.2 Å². The number of nitro benzene ring substituents is 2. The quantitative estimate of drug-likeness (QED) is 0.255. The molecule has 0 heterocycles. The maximum Gasteiger partial charge on any atom is 0.573 e. The van der Waals surface area contributed by atoms with Gasteiger partial charge in [0.2, 0.25) is 5.82 Å². The summed E-state index contributed by atoms with van der Waals surface area (Å²) in [6.45, 7) is 0. The maximum absolute atomic E-state index is 14.0. The van der Waals surface area contributed by atoms with Gasteiger partial charge >= 0.3 is 12.0 Å². The molecule has 3 aromatic rings. The SMILES string of the molecule is O=[N+]([O-])c1cc([N+](=O)[O-])c(Nc2ccccc2Nc2ccc(OC(F)(F)F)cc2)cc1F. The number of nitrogens with zero attached hydrogens (tertiary/aromatic N) is 2. The third-order valence-corrected chi connectivity index (χ3v) is 4.02. The molecule has 0 unspecified atom stereocenters. The number of hydrogen-bond donors (Lipinski definition) is 2. The fourth-order valence-electron chi connectivity index (χ4n) is 2.68. The summed E-state index contributed by atoms with van der Waals surface area (Å²) >= 11 is 0. The van der Waals surface area contributed by atoms with Crippen molar-refractivity contribution in [1.29, 1.82) is 0 Å². The highest BCUT2D eigenvalue weighted by molar-refractivity contribution is 5.81. The number of hydrogen-bond acceptors (Lipinski definition) is 7. The number of ether oxygens (including phenoxy) is 1. The summed E-state index contributed by atoms with van der Waals surface area (Å²) in [5, 5.41) is 27.7. The lowest BCUT2D eigenvalue weighted by Gasteiger charge is -2.15. The van der Waals surface area contributed by atoms with Gasteiger partial charge in [0, 0.05) is 11.8 Å². The minimum Gasteiger partial charge on any atom is -0.406 e. The largest absolute Gasteiger partial charge is 0.573 e. The average molecular weight is 452 g/mol. The van der Waals surface area contributed by atoms with Crippen molar-refractivity contribution < 1.29 is 32.1 Å². The lowest BCUT2D eigenvalue weighted by Crippen LogP contribution is -2.16. The van der Waals surface area contributed by atoms with E-state index >= 15 is 0 Å². The van der Waals surface area contributed by atoms with Crippen LogP contribution in [0.4, 0.5) is 51.7 Å². The van der Waals surface area contributed by atoms with Crippen LogP contribution < -0.4 is 15.4 Å². The Labute approximate surface area is 176 Å². The van der Waals surface area contributed by atoms with E-state index in [1.54, 1.807) is 18.2 Å². The average Bonchev–Trinajstić information content (AvgIpc) is 2.69. The molecule has 0 radical (unpaired) electrons. The summed E-state index contributed by atoms with van der Waals surface area (Å²) in [5.41, 5.74) is -1.17. The van der Waals surface area contributed by atoms with E-state index in [2.05, 4.69) is 15.4 Å². The van der Waals surface area contributed by atoms with Gasteiger partial charge in [0.25, 0.3) is 5.69 Å². The summed E-state index contributed by atoms with van der Waals surface area (Å²) in [6, 6.07) is 12.2. The molecule has 2 N–H and O–H groups in total. The highest BCUT2D eigenvalue weighted by atomic mass is 19.4. The normalized spacial score (nSPS) is 11.0. The monoisotopic (exact) mass is 452 g/mol. The molecule has 0 aliphatic heterocycles. The van der Waals surface area contributed by atoms with E-state index < -0.39 is 39.2 Å². The van der Waals surface area contributed by atoms with E-state index in [0.717, 1.165) is 12.1 Å². The summed E-state index contributed by atoms with van der Waals surface area (Å²) in [6.07, 6.45) is -4.83. The summed E-state index contributed by atoms with van der Waals surface area (Å²) in [5.74, 6) is -1.69. The van der Waals surface area contributed by atoms with Crippen molar-refractivity contribution >= 4 is 34.1 Å². The number of benzene rings is 3. The fourth-order valence-corrected chi connectivity index (χ4v) is 2.68. The molecule has 0 spiro atoms. The van der Waals surface area contributed by atoms with Crippen LogP contribution in [-0.2, 0) is 0 Å². The molecule has 13 heteroatoms. The van der Waals surface area contributed by atoms with Crippen molar-refractivity contribution in [2.24, 2.45) is 0 Å². The van der Waals surface area contributed by atoms with Crippen LogP contribution in [0.1, 0.15) is 0 Å². The van der Waals surface area contributed by atoms with Gasteiger partial charge in [0.15, 0.2) is 0 Å². The molecule has 0 atom stereocenters. The molecule has 0 saturated heterocycles. The molecule has 0 saturated carbocycles. The molecule has 3 aromatic carbocycles. The Bertz CT molecular complexity index is 1170. The maximum atomic E-state index is 14.0. The van der Waals surface area contributed by atoms with Gasteiger partial charge in [-0.25, -0.2) is 0 Å². The molecule has 9 nitrogen and oxygen atoms in total. The Morgan fingerprint density at radius 2 is 1.34 bits per heavy atom. The summed E-state index contributed by atoms with van der Waals surface area (Å²) in [4.78, 5) is 20.2. The van der Waals surface area contributed by atoms with Gasteiger partial charge in [-0.3, -0.25) is 20.2 Å². The van der Waals surface area contributed by atoms with Gasteiger partial charge < -0.3 is 15.4 Å². The topological polar surface area (TPSA) is 120 Å². The van der Waals surface area contributed by atoms with Crippen LogP contribution in [0.2, 0.25) is 0 Å². The second kappa shape index (κ2) is 8.75. The molecule has 0 fully saturated rings. The van der Waals surface area contributed by atoms with E-state index in [4.69, 9.17) is 0 Å². The second-order valence-corrected chi connectivity index (χ2v) is 6.20. The van der Waals surface area contributed by atoms with E-state index in [-0.39, 0.29) is 11.4 Å². The van der Waals surface area contributed by atoms with E-state index in [9.17, 15) is 37.8 Å². The number of rotatable bonds is 7. The van der Waals surface area contributed by atoms with Crippen molar-refractivity contribution in [3.8, 4) is 5.75 Å². The second-order valence-electron chi connectivity index (χ2n) is 6.20. The van der Waals surface area contributed by atoms with Crippen molar-refractivity contribution in [3.05, 3.63) is 86.7 Å². The van der Waals surface area contributed by atoms with E-state index in [1.165, 1.54) is 18.2 Å². The highest BCUT2D eigenvalue weighted by Crippen LogP contribution is 2.36. The lowest BCUT2D eigenvalue weighted by molar-refractivity contribution is -0.395. The minimum absolute atomic E-state index is 0.236. The summed E-state index contributed by atoms with van der Waals surface area (Å²) in [7, 11) is 0. The van der Waals surface area contributed by atoms with E-state index in [1.807, 2.05) is 0 Å². The molecule has 3 rings (SSSR count). The molecule has 166 valence electrons. The molecule has 0 aliphatic rings. The standard InChI is InChI=1S/C19H12F4N4O5/c20-13-9-16(18(27(30)31)10-17(13)26(28)29)25-15-4-2-1-3-14(15)24-11-5-7-12(8-6-11)32-19(21,22)23/h1-10,24-25H. The van der Waals surface area contributed by atoms with Gasteiger partial charge in [-0.05, 0) is 36.4 Å². The van der Waals surface area contributed by atoms with Crippen LogP contribution in [0, 0.1) is 26.0 Å². The number of halogens is 4. The Hall–Kier alpha value is -4.42. The predicted molar refractivity (Wildman–Crippen MR) is 106 cm³/mol. The first-order valence-electron chi connectivity index (χ1n) is 8.65. The number of anilines is 4. The highest BCUT2D eigenvalue weighted by Gasteiger charge is 2.31. The molecule has 32 heavy (non-hydrogen) atoms. The fraction of sp³-hybridized carbons (Fsp3) is 0.0526. The smallest absolute Gasteiger partial charge is 0.406 e. The number of alkyl halides is 3. The van der Waals surface area contributed by atoms with Gasteiger partial charge in [-0.1, -0.05) is 12.1 Å². The predicted octanol–water partition coefficient (Wildman–Crippen LogP) is 6.03. The van der Waals surface area contributed by atoms with Crippen LogP contribution >= 0.6 is 0 Å². The Balaban J connectivity index is 1.89. The van der Waals surface area contributed by atoms with Crippen molar-refractivity contribution in [2.75, 3.05) is 10.6 Å². The Morgan fingerprint density at radius 3 is 1.88 bits per heavy atom. The number of nitro groups is 2. The first kappa shape index (κ1) is 22.3. The molecule has 0 aromatic heterocycles. The van der Waals surface area contributed by atoms with Crippen molar-refractivity contribution in [1.82, 2.24) is 0 Å². The summed E-state index contributed by atoms with van der Waals surface area (Å²) < 4.78 is 54.7. The zero-order valence-electron chi connectivity index (χ0n) is 15.7. The molecule has 0 bridgehead atoms. The van der Waals surface area contributed by atoms with Crippen LogP contribution in [-0.4, -0.2) is 16.2 Å². The van der Waals surface area contributed by atoms with Crippen molar-refractivity contribution in [3.63, 3.8) is 0 Å². The Morgan fingerprint density at radius 1 is 0.781 bits per heavy atom. The van der Waals surface area contributed by atoms with Crippen LogP contribution in [0.15, 0.2) is 60.7 Å². The third-order valence-electron chi connectivity index (χ3n) is 4.02. The van der Waals surface area contributed by atoms with Gasteiger partial charge in [-0.2, -0.15) is 4.39 Å². The van der Waals surface area contributed by atoms with Crippen LogP contribution in [0.3, 0.4) is 0 Å². The minimum atomic E-state index is -4.83. The van der Waals surface area contributed by atoms with Crippen LogP contribution in [0.5, 0.6) is 5.75 Å². The van der Waals surface area contributed by atoms with Crippen LogP contribution in [0.25, 0.3) is 0 Å². The van der Waals surface area contributed by atoms with Gasteiger partial charge in [0.05, 0.1) is 27.3 Å². The Kier molecular flexibility index (Phi) is 6.09. The first-order chi connectivity index (χ1) is 15.0. The third kappa shape index (κ3) is 5.38. The molecule has 0 aliphatic carbocycles. The van der Waals surface area contributed by atoms with Gasteiger partial charge in [0.1, 0.15) is 11.4 Å². The molecular weight excluding hydrogens is 440 g/mol. The van der Waals surface area contributed by atoms with E-state index in [0.29, 0.717) is 23.5 Å². The molecule has 0 amide bonds. The number of nitrogens with one attached hydrogen (secondary N) is 2. The lowest BCUT2D eigenvalue weighted by atomic mass is 10.2. The number of para-hydroxylation sites is 2.